The van der Waals surface area contributed by atoms with E-state index in [0.29, 0.717) is 11.9 Å². The second-order valence-corrected chi connectivity index (χ2v) is 3.56. The molecule has 1 heterocycles. The Bertz CT molecular complexity index is 281. The fourth-order valence-electron chi connectivity index (χ4n) is 1.47. The summed E-state index contributed by atoms with van der Waals surface area (Å²) in [7, 11) is 0. The molecule has 0 aliphatic heterocycles. The van der Waals surface area contributed by atoms with Crippen molar-refractivity contribution in [1.82, 2.24) is 10.3 Å². The lowest BCUT2D eigenvalue weighted by molar-refractivity contribution is 0.338. The number of hydrogen-bond acceptors (Lipinski definition) is 3. The van der Waals surface area contributed by atoms with Crippen LogP contribution in [0.4, 0.5) is 5.82 Å². The first-order valence-electron chi connectivity index (χ1n) is 4.79. The molecule has 1 aliphatic carbocycles. The zero-order valence-corrected chi connectivity index (χ0v) is 7.66. The molecule has 0 spiro atoms. The van der Waals surface area contributed by atoms with E-state index in [2.05, 4.69) is 10.3 Å². The minimum absolute atomic E-state index is 0.648. The van der Waals surface area contributed by atoms with Gasteiger partial charge in [0.15, 0.2) is 0 Å². The summed E-state index contributed by atoms with van der Waals surface area (Å²) in [6, 6.07) is 4.65. The van der Waals surface area contributed by atoms with E-state index < -0.39 is 0 Å². The fraction of sp³-hybridized carbons (Fsp3) is 0.500. The largest absolute Gasteiger partial charge is 0.383 e. The molecule has 3 nitrogen and oxygen atoms in total. The van der Waals surface area contributed by atoms with Gasteiger partial charge in [0.25, 0.3) is 0 Å². The number of nitrogens with two attached hydrogens (primary N) is 1. The second kappa shape index (κ2) is 3.75. The molecular formula is C10H15N3. The highest BCUT2D eigenvalue weighted by Crippen LogP contribution is 2.19. The number of nitrogens with zero attached hydrogens (tertiary/aromatic N) is 1. The molecule has 1 fully saturated rings. The van der Waals surface area contributed by atoms with Gasteiger partial charge in [-0.05, 0) is 18.9 Å². The molecule has 2 rings (SSSR count). The van der Waals surface area contributed by atoms with Crippen molar-refractivity contribution in [3.05, 3.63) is 23.9 Å². The Hall–Kier alpha value is -1.09. The predicted octanol–water partition coefficient (Wildman–Crippen LogP) is 1.31. The summed E-state index contributed by atoms with van der Waals surface area (Å²) in [5.41, 5.74) is 6.82. The third-order valence-electron chi connectivity index (χ3n) is 2.61. The summed E-state index contributed by atoms with van der Waals surface area (Å²) < 4.78 is 0. The van der Waals surface area contributed by atoms with Crippen molar-refractivity contribution in [1.29, 1.82) is 0 Å². The molecular weight excluding hydrogens is 162 g/mol. The van der Waals surface area contributed by atoms with E-state index in [-0.39, 0.29) is 0 Å². The average molecular weight is 177 g/mol. The quantitative estimate of drug-likeness (QED) is 0.731. The maximum Gasteiger partial charge on any atom is 0.127 e. The molecule has 0 amide bonds. The number of pyridine rings is 1. The topological polar surface area (TPSA) is 50.9 Å². The highest BCUT2D eigenvalue weighted by atomic mass is 14.9. The van der Waals surface area contributed by atoms with Crippen LogP contribution in [0.25, 0.3) is 0 Å². The molecule has 1 aromatic rings. The van der Waals surface area contributed by atoms with E-state index in [1.807, 2.05) is 12.1 Å². The number of rotatable bonds is 3. The summed E-state index contributed by atoms with van der Waals surface area (Å²) in [4.78, 5) is 4.04. The van der Waals surface area contributed by atoms with Crippen LogP contribution in [0.2, 0.25) is 0 Å². The van der Waals surface area contributed by atoms with Gasteiger partial charge in [0.05, 0.1) is 0 Å². The highest BCUT2D eigenvalue weighted by molar-refractivity contribution is 5.38. The first-order valence-corrected chi connectivity index (χ1v) is 4.79. The Balaban J connectivity index is 1.89. The Kier molecular flexibility index (Phi) is 2.45. The minimum Gasteiger partial charge on any atom is -0.383 e. The third kappa shape index (κ3) is 1.98. The molecule has 0 unspecified atom stereocenters. The van der Waals surface area contributed by atoms with Crippen LogP contribution in [0.3, 0.4) is 0 Å². The zero-order valence-electron chi connectivity index (χ0n) is 7.66. The van der Waals surface area contributed by atoms with Crippen molar-refractivity contribution < 1.29 is 0 Å². The first-order chi connectivity index (χ1) is 6.36. The van der Waals surface area contributed by atoms with Gasteiger partial charge in [-0.15, -0.1) is 0 Å². The van der Waals surface area contributed by atoms with Crippen LogP contribution in [0.5, 0.6) is 0 Å². The summed E-state index contributed by atoms with van der Waals surface area (Å²) in [5.74, 6) is 0.648. The molecule has 70 valence electrons. The van der Waals surface area contributed by atoms with Gasteiger partial charge in [0, 0.05) is 24.3 Å². The van der Waals surface area contributed by atoms with Gasteiger partial charge in [0.2, 0.25) is 0 Å². The van der Waals surface area contributed by atoms with Crippen molar-refractivity contribution in [2.24, 2.45) is 0 Å². The van der Waals surface area contributed by atoms with Crippen LogP contribution in [-0.4, -0.2) is 11.0 Å². The Morgan fingerprint density at radius 3 is 3.00 bits per heavy atom. The van der Waals surface area contributed by atoms with Gasteiger partial charge < -0.3 is 11.1 Å². The Morgan fingerprint density at radius 1 is 1.54 bits per heavy atom. The number of anilines is 1. The van der Waals surface area contributed by atoms with Crippen LogP contribution in [0.15, 0.2) is 18.3 Å². The number of nitrogen functional groups attached to an aromatic ring is 1. The third-order valence-corrected chi connectivity index (χ3v) is 2.61. The minimum atomic E-state index is 0.648. The highest BCUT2D eigenvalue weighted by Gasteiger charge is 2.16. The lowest BCUT2D eigenvalue weighted by Gasteiger charge is -2.26. The molecule has 0 atom stereocenters. The molecule has 1 aliphatic rings. The van der Waals surface area contributed by atoms with Crippen molar-refractivity contribution in [3.63, 3.8) is 0 Å². The van der Waals surface area contributed by atoms with E-state index in [4.69, 9.17) is 5.73 Å². The molecule has 0 radical (unpaired) electrons. The smallest absolute Gasteiger partial charge is 0.127 e. The average Bonchev–Trinajstić information content (AvgIpc) is 2.05. The second-order valence-electron chi connectivity index (χ2n) is 3.56. The Labute approximate surface area is 78.4 Å². The Morgan fingerprint density at radius 2 is 2.38 bits per heavy atom. The van der Waals surface area contributed by atoms with Crippen molar-refractivity contribution >= 4 is 5.82 Å². The number of hydrogen-bond donors (Lipinski definition) is 2. The van der Waals surface area contributed by atoms with E-state index >= 15 is 0 Å². The van der Waals surface area contributed by atoms with Crippen LogP contribution in [0.1, 0.15) is 24.8 Å². The predicted molar refractivity (Wildman–Crippen MR) is 53.1 cm³/mol. The molecule has 3 N–H and O–H groups in total. The summed E-state index contributed by atoms with van der Waals surface area (Å²) in [5, 5.41) is 3.46. The van der Waals surface area contributed by atoms with Crippen LogP contribution >= 0.6 is 0 Å². The van der Waals surface area contributed by atoms with Crippen LogP contribution in [0, 0.1) is 0 Å². The van der Waals surface area contributed by atoms with Gasteiger partial charge in [-0.1, -0.05) is 12.5 Å². The lowest BCUT2D eigenvalue weighted by Crippen LogP contribution is -2.34. The summed E-state index contributed by atoms with van der Waals surface area (Å²) in [6.45, 7) is 0.852. The van der Waals surface area contributed by atoms with E-state index in [1.54, 1.807) is 6.20 Å². The van der Waals surface area contributed by atoms with Crippen LogP contribution < -0.4 is 11.1 Å². The summed E-state index contributed by atoms with van der Waals surface area (Å²) in [6.07, 6.45) is 5.70. The maximum absolute atomic E-state index is 5.72. The van der Waals surface area contributed by atoms with E-state index in [1.165, 1.54) is 19.3 Å². The maximum atomic E-state index is 5.72. The van der Waals surface area contributed by atoms with Gasteiger partial charge >= 0.3 is 0 Å². The van der Waals surface area contributed by atoms with E-state index in [9.17, 15) is 0 Å². The fourth-order valence-corrected chi connectivity index (χ4v) is 1.47. The molecule has 13 heavy (non-hydrogen) atoms. The van der Waals surface area contributed by atoms with Gasteiger partial charge in [-0.3, -0.25) is 0 Å². The molecule has 1 aromatic heterocycles. The molecule has 1 saturated carbocycles. The monoisotopic (exact) mass is 177 g/mol. The standard InChI is InChI=1S/C10H15N3/c11-10-8(3-2-6-12-10)7-13-9-4-1-5-9/h2-3,6,9,13H,1,4-5,7H2,(H2,11,12). The lowest BCUT2D eigenvalue weighted by atomic mass is 9.93. The van der Waals surface area contributed by atoms with Gasteiger partial charge in [0.1, 0.15) is 5.82 Å². The van der Waals surface area contributed by atoms with Crippen molar-refractivity contribution in [2.45, 2.75) is 31.8 Å². The van der Waals surface area contributed by atoms with E-state index in [0.717, 1.165) is 12.1 Å². The van der Waals surface area contributed by atoms with Gasteiger partial charge in [-0.25, -0.2) is 4.98 Å². The number of aromatic nitrogens is 1. The SMILES string of the molecule is Nc1ncccc1CNC1CCC1. The first kappa shape index (κ1) is 8.51. The molecule has 0 aromatic carbocycles. The molecule has 0 saturated heterocycles. The molecule has 0 bridgehead atoms. The molecule has 3 heteroatoms. The number of nitrogens with one attached hydrogen (secondary N) is 1. The van der Waals surface area contributed by atoms with Crippen molar-refractivity contribution in [3.8, 4) is 0 Å². The summed E-state index contributed by atoms with van der Waals surface area (Å²) >= 11 is 0. The van der Waals surface area contributed by atoms with Crippen LogP contribution in [-0.2, 0) is 6.54 Å². The van der Waals surface area contributed by atoms with Crippen molar-refractivity contribution in [2.75, 3.05) is 5.73 Å². The van der Waals surface area contributed by atoms with Gasteiger partial charge in [-0.2, -0.15) is 0 Å². The normalized spacial score (nSPS) is 16.9. The zero-order chi connectivity index (χ0) is 9.10.